The second-order valence-corrected chi connectivity index (χ2v) is 7.48. The van der Waals surface area contributed by atoms with Gasteiger partial charge in [0.15, 0.2) is 6.29 Å². The lowest BCUT2D eigenvalue weighted by Gasteiger charge is -2.14. The van der Waals surface area contributed by atoms with Gasteiger partial charge in [0.1, 0.15) is 12.3 Å². The zero-order chi connectivity index (χ0) is 22.2. The first kappa shape index (κ1) is 21.9. The molecule has 0 fully saturated rings. The summed E-state index contributed by atoms with van der Waals surface area (Å²) < 4.78 is 5.50. The lowest BCUT2D eigenvalue weighted by atomic mass is 9.96. The van der Waals surface area contributed by atoms with E-state index >= 15 is 0 Å². The summed E-state index contributed by atoms with van der Waals surface area (Å²) in [6.45, 7) is 4.61. The minimum absolute atomic E-state index is 0.0937. The van der Waals surface area contributed by atoms with Crippen LogP contribution in [0.4, 0.5) is 0 Å². The van der Waals surface area contributed by atoms with Crippen LogP contribution >= 0.6 is 0 Å². The smallest absolute Gasteiger partial charge is 0.339 e. The molecule has 0 aliphatic carbocycles. The van der Waals surface area contributed by atoms with Crippen molar-refractivity contribution < 1.29 is 19.1 Å². The maximum Gasteiger partial charge on any atom is 0.339 e. The summed E-state index contributed by atoms with van der Waals surface area (Å²) in [5, 5.41) is 2.84. The molecule has 1 amide bonds. The van der Waals surface area contributed by atoms with E-state index in [2.05, 4.69) is 10.3 Å². The first-order chi connectivity index (χ1) is 15.0. The van der Waals surface area contributed by atoms with Gasteiger partial charge in [-0.15, -0.1) is 0 Å². The maximum atomic E-state index is 13.0. The zero-order valence-electron chi connectivity index (χ0n) is 17.5. The van der Waals surface area contributed by atoms with Crippen molar-refractivity contribution in [2.45, 2.75) is 20.5 Å². The molecule has 31 heavy (non-hydrogen) atoms. The van der Waals surface area contributed by atoms with Gasteiger partial charge in [-0.2, -0.15) is 0 Å². The third-order valence-corrected chi connectivity index (χ3v) is 4.63. The number of carbonyl (C=O) groups is 3. The van der Waals surface area contributed by atoms with Crippen molar-refractivity contribution in [3.8, 4) is 11.1 Å². The zero-order valence-corrected chi connectivity index (χ0v) is 17.5. The van der Waals surface area contributed by atoms with Gasteiger partial charge in [-0.05, 0) is 35.2 Å². The number of aromatic nitrogens is 1. The fourth-order valence-corrected chi connectivity index (χ4v) is 3.03. The van der Waals surface area contributed by atoms with Crippen molar-refractivity contribution in [1.29, 1.82) is 0 Å². The molecule has 0 aliphatic heterocycles. The van der Waals surface area contributed by atoms with E-state index in [9.17, 15) is 14.4 Å². The highest BCUT2D eigenvalue weighted by Gasteiger charge is 2.20. The van der Waals surface area contributed by atoms with Crippen molar-refractivity contribution in [2.24, 2.45) is 5.92 Å². The number of hydrogen-bond donors (Lipinski definition) is 1. The van der Waals surface area contributed by atoms with Gasteiger partial charge in [0.05, 0.1) is 5.56 Å². The molecule has 6 heteroatoms. The number of nitrogens with zero attached hydrogens (tertiary/aromatic N) is 1. The fourth-order valence-electron chi connectivity index (χ4n) is 3.03. The molecule has 3 rings (SSSR count). The molecule has 0 saturated carbocycles. The Hall–Kier alpha value is -3.80. The number of amides is 1. The number of benzene rings is 2. The second kappa shape index (κ2) is 10.3. The topological polar surface area (TPSA) is 85.4 Å². The molecule has 0 radical (unpaired) electrons. The number of ether oxygens (including phenoxy) is 1. The number of hydrogen-bond acceptors (Lipinski definition) is 5. The molecule has 158 valence electrons. The van der Waals surface area contributed by atoms with E-state index in [1.165, 1.54) is 12.3 Å². The maximum absolute atomic E-state index is 13.0. The summed E-state index contributed by atoms with van der Waals surface area (Å²) >= 11 is 0. The minimum atomic E-state index is -0.585. The number of carbonyl (C=O) groups excluding carboxylic acids is 3. The van der Waals surface area contributed by atoms with Crippen LogP contribution in [0.25, 0.3) is 11.1 Å². The third kappa shape index (κ3) is 5.63. The van der Waals surface area contributed by atoms with Crippen LogP contribution in [0.1, 0.15) is 50.6 Å². The van der Waals surface area contributed by atoms with Gasteiger partial charge >= 0.3 is 5.97 Å². The van der Waals surface area contributed by atoms with Crippen LogP contribution in [0.5, 0.6) is 0 Å². The largest absolute Gasteiger partial charge is 0.457 e. The van der Waals surface area contributed by atoms with Gasteiger partial charge in [-0.3, -0.25) is 14.6 Å². The van der Waals surface area contributed by atoms with Gasteiger partial charge in [-0.25, -0.2) is 4.79 Å². The van der Waals surface area contributed by atoms with Crippen molar-refractivity contribution in [1.82, 2.24) is 10.3 Å². The summed E-state index contributed by atoms with van der Waals surface area (Å²) in [5.74, 6) is -0.568. The fraction of sp³-hybridized carbons (Fsp3) is 0.200. The molecule has 0 spiro atoms. The summed E-state index contributed by atoms with van der Waals surface area (Å²) in [6, 6.07) is 17.5. The number of pyridine rings is 1. The van der Waals surface area contributed by atoms with Crippen molar-refractivity contribution in [3.05, 3.63) is 89.2 Å². The molecule has 0 bridgehead atoms. The highest BCUT2D eigenvalue weighted by atomic mass is 16.5. The molecule has 1 N–H and O–H groups in total. The molecule has 2 aromatic carbocycles. The molecular formula is C25H24N2O4. The van der Waals surface area contributed by atoms with Crippen LogP contribution < -0.4 is 5.32 Å². The number of esters is 1. The Morgan fingerprint density at radius 3 is 2.52 bits per heavy atom. The first-order valence-electron chi connectivity index (χ1n) is 10.0. The van der Waals surface area contributed by atoms with Crippen LogP contribution in [0.15, 0.2) is 66.9 Å². The molecule has 0 saturated heterocycles. The van der Waals surface area contributed by atoms with E-state index in [-0.39, 0.29) is 23.8 Å². The summed E-state index contributed by atoms with van der Waals surface area (Å²) in [7, 11) is 0. The molecule has 1 aromatic heterocycles. The van der Waals surface area contributed by atoms with E-state index in [0.29, 0.717) is 35.4 Å². The molecule has 0 unspecified atom stereocenters. The lowest BCUT2D eigenvalue weighted by molar-refractivity contribution is 0.0473. The Bertz CT molecular complexity index is 1080. The van der Waals surface area contributed by atoms with Crippen molar-refractivity contribution in [3.63, 3.8) is 0 Å². The SMILES string of the molecule is CC(C)CNC(=O)c1ccc(-c2cccnc2C=O)c(C(=O)OCc2ccccc2)c1. The molecule has 0 aliphatic rings. The molecule has 3 aromatic rings. The van der Waals surface area contributed by atoms with Crippen LogP contribution in [-0.2, 0) is 11.3 Å². The quantitative estimate of drug-likeness (QED) is 0.437. The summed E-state index contributed by atoms with van der Waals surface area (Å²) in [5.41, 5.74) is 2.57. The molecule has 0 atom stereocenters. The first-order valence-corrected chi connectivity index (χ1v) is 10.0. The predicted octanol–water partition coefficient (Wildman–Crippen LogP) is 4.30. The highest BCUT2D eigenvalue weighted by molar-refractivity contribution is 6.03. The van der Waals surface area contributed by atoms with E-state index in [1.807, 2.05) is 44.2 Å². The average Bonchev–Trinajstić information content (AvgIpc) is 2.81. The van der Waals surface area contributed by atoms with Crippen molar-refractivity contribution in [2.75, 3.05) is 6.54 Å². The van der Waals surface area contributed by atoms with Gasteiger partial charge in [0.2, 0.25) is 0 Å². The average molecular weight is 416 g/mol. The van der Waals surface area contributed by atoms with Crippen molar-refractivity contribution >= 4 is 18.2 Å². The molecule has 1 heterocycles. The van der Waals surface area contributed by atoms with E-state index < -0.39 is 5.97 Å². The van der Waals surface area contributed by atoms with Gasteiger partial charge < -0.3 is 10.1 Å². The number of nitrogens with one attached hydrogen (secondary N) is 1. The second-order valence-electron chi connectivity index (χ2n) is 7.48. The Morgan fingerprint density at radius 2 is 1.81 bits per heavy atom. The number of rotatable bonds is 8. The third-order valence-electron chi connectivity index (χ3n) is 4.63. The Labute approximate surface area is 181 Å². The molecule has 6 nitrogen and oxygen atoms in total. The van der Waals surface area contributed by atoms with E-state index in [4.69, 9.17) is 4.74 Å². The number of aldehydes is 1. The Morgan fingerprint density at radius 1 is 1.03 bits per heavy atom. The Balaban J connectivity index is 1.97. The molecular weight excluding hydrogens is 392 g/mol. The van der Waals surface area contributed by atoms with Crippen LogP contribution in [0, 0.1) is 5.92 Å². The summed E-state index contributed by atoms with van der Waals surface area (Å²) in [6.07, 6.45) is 2.14. The van der Waals surface area contributed by atoms with Crippen LogP contribution in [-0.4, -0.2) is 29.7 Å². The standard InChI is InChI=1S/C25H24N2O4/c1-17(2)14-27-24(29)19-10-11-20(21-9-6-12-26-23(21)15-28)22(13-19)25(30)31-16-18-7-4-3-5-8-18/h3-13,15,17H,14,16H2,1-2H3,(H,27,29). The van der Waals surface area contributed by atoms with Crippen LogP contribution in [0.2, 0.25) is 0 Å². The highest BCUT2D eigenvalue weighted by Crippen LogP contribution is 2.27. The van der Waals surface area contributed by atoms with Crippen LogP contribution in [0.3, 0.4) is 0 Å². The van der Waals surface area contributed by atoms with E-state index in [1.54, 1.807) is 24.3 Å². The Kier molecular flexibility index (Phi) is 7.27. The normalized spacial score (nSPS) is 10.5. The lowest BCUT2D eigenvalue weighted by Crippen LogP contribution is -2.27. The van der Waals surface area contributed by atoms with Gasteiger partial charge in [-0.1, -0.05) is 56.3 Å². The van der Waals surface area contributed by atoms with Gasteiger partial charge in [0, 0.05) is 23.9 Å². The van der Waals surface area contributed by atoms with Gasteiger partial charge in [0.25, 0.3) is 5.91 Å². The predicted molar refractivity (Wildman–Crippen MR) is 118 cm³/mol. The summed E-state index contributed by atoms with van der Waals surface area (Å²) in [4.78, 5) is 41.1. The van der Waals surface area contributed by atoms with E-state index in [0.717, 1.165) is 5.56 Å². The minimum Gasteiger partial charge on any atom is -0.457 e. The monoisotopic (exact) mass is 416 g/mol.